The maximum absolute atomic E-state index is 11.9. The normalized spacial score (nSPS) is 10.7. The number of hydrogen-bond acceptors (Lipinski definition) is 7. The van der Waals surface area contributed by atoms with E-state index in [2.05, 4.69) is 15.5 Å². The van der Waals surface area contributed by atoms with Gasteiger partial charge in [-0.2, -0.15) is 0 Å². The zero-order valence-corrected chi connectivity index (χ0v) is 14.6. The Balaban J connectivity index is 1.56. The number of nitrogens with one attached hydrogen (secondary N) is 1. The summed E-state index contributed by atoms with van der Waals surface area (Å²) in [6, 6.07) is 9.60. The first-order valence-corrected chi connectivity index (χ1v) is 8.59. The number of aromatic nitrogens is 3. The topological polar surface area (TPSA) is 116 Å². The number of amides is 1. The number of nitrogens with zero attached hydrogens (tertiary/aromatic N) is 4. The van der Waals surface area contributed by atoms with Crippen LogP contribution in [0.1, 0.15) is 21.9 Å². The molecule has 0 aliphatic rings. The fourth-order valence-electron chi connectivity index (χ4n) is 2.14. The van der Waals surface area contributed by atoms with Crippen molar-refractivity contribution in [1.82, 2.24) is 20.1 Å². The Labute approximate surface area is 152 Å². The summed E-state index contributed by atoms with van der Waals surface area (Å²) in [6.07, 6.45) is 1.43. The van der Waals surface area contributed by atoms with Crippen LogP contribution in [0.4, 0.5) is 5.69 Å². The SMILES string of the molecule is Cn1c(CNC(=O)c2ccco2)nnc1SCc1ccc([N+](=O)[O-])cc1. The third-order valence-electron chi connectivity index (χ3n) is 3.59. The molecule has 0 atom stereocenters. The molecule has 10 heteroatoms. The standard InChI is InChI=1S/C16H15N5O4S/c1-20-14(9-17-15(22)13-3-2-8-25-13)18-19-16(20)26-10-11-4-6-12(7-5-11)21(23)24/h2-8H,9-10H2,1H3,(H,17,22). The summed E-state index contributed by atoms with van der Waals surface area (Å²) in [5, 5.41) is 22.3. The fourth-order valence-corrected chi connectivity index (χ4v) is 3.03. The second kappa shape index (κ2) is 7.83. The Bertz CT molecular complexity index is 905. The van der Waals surface area contributed by atoms with Crippen LogP contribution in [0.2, 0.25) is 0 Å². The first-order chi connectivity index (χ1) is 12.5. The van der Waals surface area contributed by atoms with Crippen LogP contribution in [0, 0.1) is 10.1 Å². The van der Waals surface area contributed by atoms with E-state index in [9.17, 15) is 14.9 Å². The molecule has 0 radical (unpaired) electrons. The van der Waals surface area contributed by atoms with Crippen LogP contribution in [-0.4, -0.2) is 25.6 Å². The van der Waals surface area contributed by atoms with E-state index in [-0.39, 0.29) is 23.9 Å². The molecule has 1 amide bonds. The molecular formula is C16H15N5O4S. The number of hydrogen-bond donors (Lipinski definition) is 1. The van der Waals surface area contributed by atoms with E-state index in [1.807, 2.05) is 7.05 Å². The molecule has 2 heterocycles. The predicted molar refractivity (Wildman–Crippen MR) is 93.5 cm³/mol. The van der Waals surface area contributed by atoms with Crippen molar-refractivity contribution in [2.45, 2.75) is 17.5 Å². The van der Waals surface area contributed by atoms with E-state index in [1.165, 1.54) is 30.2 Å². The highest BCUT2D eigenvalue weighted by Crippen LogP contribution is 2.22. The van der Waals surface area contributed by atoms with Crippen molar-refractivity contribution in [3.8, 4) is 0 Å². The molecule has 0 spiro atoms. The van der Waals surface area contributed by atoms with Gasteiger partial charge in [-0.05, 0) is 17.7 Å². The lowest BCUT2D eigenvalue weighted by molar-refractivity contribution is -0.384. The van der Waals surface area contributed by atoms with Crippen LogP contribution in [0.3, 0.4) is 0 Å². The molecule has 3 rings (SSSR count). The average Bonchev–Trinajstić information content (AvgIpc) is 3.29. The number of non-ortho nitro benzene ring substituents is 1. The van der Waals surface area contributed by atoms with Crippen LogP contribution < -0.4 is 5.32 Å². The van der Waals surface area contributed by atoms with Crippen LogP contribution >= 0.6 is 11.8 Å². The smallest absolute Gasteiger partial charge is 0.287 e. The number of nitro groups is 1. The number of furan rings is 1. The van der Waals surface area contributed by atoms with Gasteiger partial charge in [-0.1, -0.05) is 23.9 Å². The van der Waals surface area contributed by atoms with E-state index in [4.69, 9.17) is 4.42 Å². The monoisotopic (exact) mass is 373 g/mol. The molecule has 134 valence electrons. The first kappa shape index (κ1) is 17.7. The Morgan fingerprint density at radius 3 is 2.73 bits per heavy atom. The minimum Gasteiger partial charge on any atom is -0.459 e. The van der Waals surface area contributed by atoms with E-state index < -0.39 is 4.92 Å². The number of carbonyl (C=O) groups is 1. The van der Waals surface area contributed by atoms with Gasteiger partial charge in [-0.3, -0.25) is 14.9 Å². The molecule has 9 nitrogen and oxygen atoms in total. The molecular weight excluding hydrogens is 358 g/mol. The van der Waals surface area contributed by atoms with Crippen molar-refractivity contribution < 1.29 is 14.1 Å². The minimum absolute atomic E-state index is 0.0620. The molecule has 1 N–H and O–H groups in total. The molecule has 2 aromatic heterocycles. The highest BCUT2D eigenvalue weighted by molar-refractivity contribution is 7.98. The largest absolute Gasteiger partial charge is 0.459 e. The van der Waals surface area contributed by atoms with Crippen molar-refractivity contribution >= 4 is 23.4 Å². The lowest BCUT2D eigenvalue weighted by Crippen LogP contribution is -2.24. The molecule has 3 aromatic rings. The summed E-state index contributed by atoms with van der Waals surface area (Å²) in [5.41, 5.74) is 1.00. The number of carbonyl (C=O) groups excluding carboxylic acids is 1. The van der Waals surface area contributed by atoms with Gasteiger partial charge >= 0.3 is 0 Å². The van der Waals surface area contributed by atoms with E-state index >= 15 is 0 Å². The molecule has 0 saturated heterocycles. The lowest BCUT2D eigenvalue weighted by atomic mass is 10.2. The first-order valence-electron chi connectivity index (χ1n) is 7.60. The third kappa shape index (κ3) is 4.09. The van der Waals surface area contributed by atoms with Gasteiger partial charge in [0.1, 0.15) is 0 Å². The summed E-state index contributed by atoms with van der Waals surface area (Å²) in [7, 11) is 1.81. The Hall–Kier alpha value is -3.14. The van der Waals surface area contributed by atoms with Crippen molar-refractivity contribution in [2.24, 2.45) is 7.05 Å². The van der Waals surface area contributed by atoms with Crippen LogP contribution in [0.5, 0.6) is 0 Å². The zero-order valence-electron chi connectivity index (χ0n) is 13.8. The summed E-state index contributed by atoms with van der Waals surface area (Å²) in [6.45, 7) is 0.223. The quantitative estimate of drug-likeness (QED) is 0.384. The number of thioether (sulfide) groups is 1. The molecule has 0 aliphatic heterocycles. The maximum Gasteiger partial charge on any atom is 0.287 e. The van der Waals surface area contributed by atoms with E-state index in [0.717, 1.165) is 5.56 Å². The van der Waals surface area contributed by atoms with Crippen molar-refractivity contribution in [3.63, 3.8) is 0 Å². The lowest BCUT2D eigenvalue weighted by Gasteiger charge is -2.05. The zero-order chi connectivity index (χ0) is 18.5. The van der Waals surface area contributed by atoms with Gasteiger partial charge in [0.05, 0.1) is 17.7 Å². The Morgan fingerprint density at radius 2 is 2.08 bits per heavy atom. The van der Waals surface area contributed by atoms with Gasteiger partial charge < -0.3 is 14.3 Å². The Morgan fingerprint density at radius 1 is 1.31 bits per heavy atom. The van der Waals surface area contributed by atoms with Gasteiger partial charge in [0.25, 0.3) is 11.6 Å². The third-order valence-corrected chi connectivity index (χ3v) is 4.68. The molecule has 0 aliphatic carbocycles. The van der Waals surface area contributed by atoms with Gasteiger partial charge in [-0.15, -0.1) is 10.2 Å². The molecule has 0 unspecified atom stereocenters. The summed E-state index contributed by atoms with van der Waals surface area (Å²) in [4.78, 5) is 22.1. The molecule has 0 fully saturated rings. The van der Waals surface area contributed by atoms with Crippen molar-refractivity contribution in [1.29, 1.82) is 0 Å². The fraction of sp³-hybridized carbons (Fsp3) is 0.188. The second-order valence-corrected chi connectivity index (χ2v) is 6.27. The van der Waals surface area contributed by atoms with Crippen LogP contribution in [0.15, 0.2) is 52.2 Å². The molecule has 1 aromatic carbocycles. The highest BCUT2D eigenvalue weighted by Gasteiger charge is 2.13. The summed E-state index contributed by atoms with van der Waals surface area (Å²) in [5.74, 6) is 1.12. The van der Waals surface area contributed by atoms with Crippen molar-refractivity contribution in [3.05, 3.63) is 69.9 Å². The minimum atomic E-state index is -0.428. The summed E-state index contributed by atoms with van der Waals surface area (Å²) < 4.78 is 6.82. The second-order valence-electron chi connectivity index (χ2n) is 5.33. The predicted octanol–water partition coefficient (Wildman–Crippen LogP) is 2.54. The maximum atomic E-state index is 11.9. The number of nitro benzene ring substituents is 1. The van der Waals surface area contributed by atoms with Gasteiger partial charge in [0.15, 0.2) is 16.7 Å². The molecule has 26 heavy (non-hydrogen) atoms. The number of benzene rings is 1. The van der Waals surface area contributed by atoms with Crippen LogP contribution in [0.25, 0.3) is 0 Å². The molecule has 0 bridgehead atoms. The van der Waals surface area contributed by atoms with Crippen LogP contribution in [-0.2, 0) is 19.3 Å². The van der Waals surface area contributed by atoms with Crippen molar-refractivity contribution in [2.75, 3.05) is 0 Å². The Kier molecular flexibility index (Phi) is 5.32. The summed E-state index contributed by atoms with van der Waals surface area (Å²) >= 11 is 1.46. The van der Waals surface area contributed by atoms with E-state index in [0.29, 0.717) is 16.7 Å². The van der Waals surface area contributed by atoms with Gasteiger partial charge in [-0.25, -0.2) is 0 Å². The molecule has 0 saturated carbocycles. The number of rotatable bonds is 7. The van der Waals surface area contributed by atoms with Gasteiger partial charge in [0.2, 0.25) is 0 Å². The van der Waals surface area contributed by atoms with E-state index in [1.54, 1.807) is 28.8 Å². The van der Waals surface area contributed by atoms with Gasteiger partial charge in [0, 0.05) is 24.9 Å². The highest BCUT2D eigenvalue weighted by atomic mass is 32.2. The average molecular weight is 373 g/mol.